The van der Waals surface area contributed by atoms with Crippen LogP contribution in [0.1, 0.15) is 60.8 Å². The highest BCUT2D eigenvalue weighted by molar-refractivity contribution is 5.67. The van der Waals surface area contributed by atoms with E-state index in [9.17, 15) is 9.90 Å². The van der Waals surface area contributed by atoms with Crippen LogP contribution in [0.15, 0.2) is 0 Å². The van der Waals surface area contributed by atoms with Crippen molar-refractivity contribution in [2.75, 3.05) is 6.54 Å². The lowest BCUT2D eigenvalue weighted by molar-refractivity contribution is -0.0112. The van der Waals surface area contributed by atoms with Crippen molar-refractivity contribution in [2.24, 2.45) is 10.8 Å². The van der Waals surface area contributed by atoms with Crippen LogP contribution in [0.5, 0.6) is 0 Å². The van der Waals surface area contributed by atoms with Gasteiger partial charge in [0.05, 0.1) is 6.10 Å². The van der Waals surface area contributed by atoms with Gasteiger partial charge in [-0.05, 0) is 50.9 Å². The van der Waals surface area contributed by atoms with E-state index in [1.165, 1.54) is 0 Å². The topological polar surface area (TPSA) is 58.6 Å². The normalized spacial score (nSPS) is 30.8. The van der Waals surface area contributed by atoms with Gasteiger partial charge in [-0.3, -0.25) is 0 Å². The molecule has 1 rings (SSSR count). The second-order valence-electron chi connectivity index (χ2n) is 8.07. The SMILES string of the molecule is CC1(C)CC(O)CC(C)(CNC(=O)OC(C)(C)C)C1. The van der Waals surface area contributed by atoms with Gasteiger partial charge in [0.2, 0.25) is 0 Å². The molecular formula is C15H29NO3. The van der Waals surface area contributed by atoms with Crippen molar-refractivity contribution >= 4 is 6.09 Å². The average molecular weight is 271 g/mol. The number of hydrogen-bond acceptors (Lipinski definition) is 3. The van der Waals surface area contributed by atoms with E-state index in [0.29, 0.717) is 6.54 Å². The predicted molar refractivity (Wildman–Crippen MR) is 76.0 cm³/mol. The highest BCUT2D eigenvalue weighted by atomic mass is 16.6. The van der Waals surface area contributed by atoms with E-state index >= 15 is 0 Å². The molecule has 19 heavy (non-hydrogen) atoms. The molecule has 2 unspecified atom stereocenters. The zero-order chi connectivity index (χ0) is 14.9. The van der Waals surface area contributed by atoms with Crippen molar-refractivity contribution in [1.82, 2.24) is 5.32 Å². The van der Waals surface area contributed by atoms with E-state index in [4.69, 9.17) is 4.74 Å². The van der Waals surface area contributed by atoms with Gasteiger partial charge >= 0.3 is 6.09 Å². The van der Waals surface area contributed by atoms with Gasteiger partial charge in [0.25, 0.3) is 0 Å². The number of aliphatic hydroxyl groups is 1. The first-order valence-corrected chi connectivity index (χ1v) is 7.06. The standard InChI is InChI=1S/C15H29NO3/c1-13(2,3)19-12(18)16-10-15(6)8-11(17)7-14(4,5)9-15/h11,17H,7-10H2,1-6H3,(H,16,18). The summed E-state index contributed by atoms with van der Waals surface area (Å²) in [5.41, 5.74) is -0.434. The maximum atomic E-state index is 11.7. The third kappa shape index (κ3) is 5.81. The van der Waals surface area contributed by atoms with Gasteiger partial charge in [0.1, 0.15) is 5.60 Å². The van der Waals surface area contributed by atoms with E-state index in [2.05, 4.69) is 26.1 Å². The molecule has 1 aliphatic rings. The van der Waals surface area contributed by atoms with E-state index in [1.54, 1.807) is 0 Å². The Bertz CT molecular complexity index is 333. The van der Waals surface area contributed by atoms with Crippen LogP contribution in [-0.4, -0.2) is 29.4 Å². The third-order valence-corrected chi connectivity index (χ3v) is 3.48. The fraction of sp³-hybridized carbons (Fsp3) is 0.933. The average Bonchev–Trinajstić information content (AvgIpc) is 2.07. The summed E-state index contributed by atoms with van der Waals surface area (Å²) < 4.78 is 5.24. The van der Waals surface area contributed by atoms with Crippen molar-refractivity contribution in [1.29, 1.82) is 0 Å². The summed E-state index contributed by atoms with van der Waals surface area (Å²) in [5, 5.41) is 12.8. The second-order valence-corrected chi connectivity index (χ2v) is 8.07. The lowest BCUT2D eigenvalue weighted by atomic mass is 9.63. The van der Waals surface area contributed by atoms with Gasteiger partial charge in [-0.1, -0.05) is 20.8 Å². The molecule has 0 aromatic heterocycles. The molecule has 1 aliphatic carbocycles. The lowest BCUT2D eigenvalue weighted by Crippen LogP contribution is -2.46. The lowest BCUT2D eigenvalue weighted by Gasteiger charge is -2.45. The maximum Gasteiger partial charge on any atom is 0.407 e. The molecule has 0 saturated heterocycles. The number of amides is 1. The Morgan fingerprint density at radius 1 is 1.32 bits per heavy atom. The molecule has 1 saturated carbocycles. The van der Waals surface area contributed by atoms with Gasteiger partial charge in [-0.15, -0.1) is 0 Å². The molecular weight excluding hydrogens is 242 g/mol. The smallest absolute Gasteiger partial charge is 0.407 e. The van der Waals surface area contributed by atoms with Gasteiger partial charge in [-0.2, -0.15) is 0 Å². The number of carbonyl (C=O) groups excluding carboxylic acids is 1. The van der Waals surface area contributed by atoms with E-state index in [-0.39, 0.29) is 23.0 Å². The molecule has 4 heteroatoms. The number of aliphatic hydroxyl groups excluding tert-OH is 1. The Morgan fingerprint density at radius 2 is 1.89 bits per heavy atom. The quantitative estimate of drug-likeness (QED) is 0.811. The monoisotopic (exact) mass is 271 g/mol. The molecule has 1 amide bonds. The summed E-state index contributed by atoms with van der Waals surface area (Å²) in [6, 6.07) is 0. The Labute approximate surface area is 116 Å². The van der Waals surface area contributed by atoms with Crippen molar-refractivity contribution in [3.05, 3.63) is 0 Å². The van der Waals surface area contributed by atoms with E-state index in [1.807, 2.05) is 20.8 Å². The fourth-order valence-corrected chi connectivity index (χ4v) is 3.31. The van der Waals surface area contributed by atoms with Crippen LogP contribution < -0.4 is 5.32 Å². The molecule has 112 valence electrons. The minimum absolute atomic E-state index is 0.0714. The summed E-state index contributed by atoms with van der Waals surface area (Å²) in [6.07, 6.45) is 1.88. The van der Waals surface area contributed by atoms with E-state index in [0.717, 1.165) is 19.3 Å². The van der Waals surface area contributed by atoms with Crippen molar-refractivity contribution in [3.8, 4) is 0 Å². The summed E-state index contributed by atoms with van der Waals surface area (Å²) >= 11 is 0. The van der Waals surface area contributed by atoms with Crippen LogP contribution in [-0.2, 0) is 4.74 Å². The molecule has 0 heterocycles. The van der Waals surface area contributed by atoms with Crippen LogP contribution in [0.2, 0.25) is 0 Å². The van der Waals surface area contributed by atoms with Crippen molar-refractivity contribution < 1.29 is 14.6 Å². The molecule has 0 aromatic carbocycles. The molecule has 4 nitrogen and oxygen atoms in total. The van der Waals surface area contributed by atoms with Gasteiger partial charge < -0.3 is 15.2 Å². The molecule has 0 bridgehead atoms. The maximum absolute atomic E-state index is 11.7. The van der Waals surface area contributed by atoms with Crippen LogP contribution in [0.3, 0.4) is 0 Å². The first kappa shape index (κ1) is 16.3. The van der Waals surface area contributed by atoms with Crippen LogP contribution in [0.25, 0.3) is 0 Å². The van der Waals surface area contributed by atoms with Crippen LogP contribution >= 0.6 is 0 Å². The molecule has 0 radical (unpaired) electrons. The van der Waals surface area contributed by atoms with Crippen LogP contribution in [0.4, 0.5) is 4.79 Å². The molecule has 0 spiro atoms. The Balaban J connectivity index is 2.53. The summed E-state index contributed by atoms with van der Waals surface area (Å²) in [4.78, 5) is 11.7. The molecule has 2 N–H and O–H groups in total. The number of rotatable bonds is 2. The molecule has 0 aliphatic heterocycles. The second kappa shape index (κ2) is 5.31. The summed E-state index contributed by atoms with van der Waals surface area (Å²) in [6.45, 7) is 12.5. The van der Waals surface area contributed by atoms with Gasteiger partial charge in [0.15, 0.2) is 0 Å². The zero-order valence-corrected chi connectivity index (χ0v) is 13.2. The summed E-state index contributed by atoms with van der Waals surface area (Å²) in [5.74, 6) is 0. The van der Waals surface area contributed by atoms with Gasteiger partial charge in [0, 0.05) is 6.54 Å². The number of alkyl carbamates (subject to hydrolysis) is 1. The Morgan fingerprint density at radius 3 is 2.37 bits per heavy atom. The first-order valence-electron chi connectivity index (χ1n) is 7.06. The highest BCUT2D eigenvalue weighted by Gasteiger charge is 2.40. The predicted octanol–water partition coefficient (Wildman–Crippen LogP) is 3.09. The molecule has 1 fully saturated rings. The number of hydrogen-bond donors (Lipinski definition) is 2. The minimum atomic E-state index is -0.476. The first-order chi connectivity index (χ1) is 8.41. The van der Waals surface area contributed by atoms with Crippen LogP contribution in [0, 0.1) is 10.8 Å². The minimum Gasteiger partial charge on any atom is -0.444 e. The van der Waals surface area contributed by atoms with Crippen molar-refractivity contribution in [2.45, 2.75) is 72.5 Å². The summed E-state index contributed by atoms with van der Waals surface area (Å²) in [7, 11) is 0. The largest absolute Gasteiger partial charge is 0.444 e. The van der Waals surface area contributed by atoms with Crippen molar-refractivity contribution in [3.63, 3.8) is 0 Å². The fourth-order valence-electron chi connectivity index (χ4n) is 3.31. The highest BCUT2D eigenvalue weighted by Crippen LogP contribution is 2.45. The van der Waals surface area contributed by atoms with Gasteiger partial charge in [-0.25, -0.2) is 4.79 Å². The zero-order valence-electron chi connectivity index (χ0n) is 13.2. The Hall–Kier alpha value is -0.770. The molecule has 0 aromatic rings. The number of carbonyl (C=O) groups is 1. The van der Waals surface area contributed by atoms with E-state index < -0.39 is 5.60 Å². The number of ether oxygens (including phenoxy) is 1. The number of nitrogens with one attached hydrogen (secondary N) is 1. The molecule has 2 atom stereocenters. The third-order valence-electron chi connectivity index (χ3n) is 3.48. The Kier molecular flexibility index (Phi) is 4.55.